The summed E-state index contributed by atoms with van der Waals surface area (Å²) in [5, 5.41) is 0. The quantitative estimate of drug-likeness (QED) is 0.739. The average Bonchev–Trinajstić information content (AvgIpc) is 2.48. The fourth-order valence-corrected chi connectivity index (χ4v) is 2.29. The molecule has 0 N–H and O–H groups in total. The summed E-state index contributed by atoms with van der Waals surface area (Å²) < 4.78 is 5.66. The molecule has 0 amide bonds. The first-order valence-corrected chi connectivity index (χ1v) is 7.14. The summed E-state index contributed by atoms with van der Waals surface area (Å²) in [4.78, 5) is 18.0. The molecular weight excluding hydrogens is 240 g/mol. The van der Waals surface area contributed by atoms with Crippen LogP contribution in [-0.2, 0) is 0 Å². The lowest BCUT2D eigenvalue weighted by Gasteiger charge is -2.26. The van der Waals surface area contributed by atoms with Gasteiger partial charge in [0.15, 0.2) is 5.78 Å². The molecule has 19 heavy (non-hydrogen) atoms. The Hall–Kier alpha value is -1.42. The largest absolute Gasteiger partial charge is 0.491 e. The highest BCUT2D eigenvalue weighted by Gasteiger charge is 2.09. The molecule has 1 fully saturated rings. The summed E-state index contributed by atoms with van der Waals surface area (Å²) in [5.41, 5.74) is 0.519. The van der Waals surface area contributed by atoms with Crippen LogP contribution in [0.25, 0.3) is 0 Å². The Morgan fingerprint density at radius 2 is 2.11 bits per heavy atom. The second-order valence-corrected chi connectivity index (χ2v) is 4.91. The number of aromatic nitrogens is 1. The van der Waals surface area contributed by atoms with E-state index in [2.05, 4.69) is 9.88 Å². The number of nitrogens with zero attached hydrogens (tertiary/aromatic N) is 2. The molecule has 0 spiro atoms. The third kappa shape index (κ3) is 4.31. The fraction of sp³-hybridized carbons (Fsp3) is 0.600. The van der Waals surface area contributed by atoms with Gasteiger partial charge in [-0.25, -0.2) is 4.98 Å². The van der Waals surface area contributed by atoms with Crippen molar-refractivity contribution >= 4 is 5.78 Å². The highest BCUT2D eigenvalue weighted by Crippen LogP contribution is 2.11. The van der Waals surface area contributed by atoms with Gasteiger partial charge in [-0.05, 0) is 38.1 Å². The Morgan fingerprint density at radius 1 is 1.32 bits per heavy atom. The maximum atomic E-state index is 11.4. The topological polar surface area (TPSA) is 42.4 Å². The van der Waals surface area contributed by atoms with Gasteiger partial charge in [-0.2, -0.15) is 0 Å². The standard InChI is InChI=1S/C15H22N2O2/c1-2-15(18)14-7-6-13(12-16-14)19-11-10-17-8-4-3-5-9-17/h6-7,12H,2-5,8-11H2,1H3. The van der Waals surface area contributed by atoms with E-state index in [-0.39, 0.29) is 5.78 Å². The molecule has 0 atom stereocenters. The predicted molar refractivity (Wildman–Crippen MR) is 74.6 cm³/mol. The van der Waals surface area contributed by atoms with Crippen molar-refractivity contribution in [3.8, 4) is 5.75 Å². The molecule has 1 aromatic rings. The Kier molecular flexibility index (Phi) is 5.33. The van der Waals surface area contributed by atoms with Crippen LogP contribution in [0.5, 0.6) is 5.75 Å². The van der Waals surface area contributed by atoms with Crippen LogP contribution >= 0.6 is 0 Å². The summed E-state index contributed by atoms with van der Waals surface area (Å²) in [6.45, 7) is 5.86. The summed E-state index contributed by atoms with van der Waals surface area (Å²) in [6.07, 6.45) is 6.08. The third-order valence-electron chi connectivity index (χ3n) is 3.47. The van der Waals surface area contributed by atoms with Crippen molar-refractivity contribution < 1.29 is 9.53 Å². The normalized spacial score (nSPS) is 16.3. The molecular formula is C15H22N2O2. The van der Waals surface area contributed by atoms with Crippen LogP contribution in [0, 0.1) is 0 Å². The van der Waals surface area contributed by atoms with E-state index in [4.69, 9.17) is 4.74 Å². The van der Waals surface area contributed by atoms with Crippen molar-refractivity contribution in [1.82, 2.24) is 9.88 Å². The van der Waals surface area contributed by atoms with Crippen molar-refractivity contribution in [2.75, 3.05) is 26.2 Å². The predicted octanol–water partition coefficient (Wildman–Crippen LogP) is 2.54. The van der Waals surface area contributed by atoms with E-state index in [0.717, 1.165) is 12.3 Å². The number of hydrogen-bond acceptors (Lipinski definition) is 4. The zero-order chi connectivity index (χ0) is 13.5. The van der Waals surface area contributed by atoms with Crippen molar-refractivity contribution in [2.24, 2.45) is 0 Å². The highest BCUT2D eigenvalue weighted by atomic mass is 16.5. The minimum Gasteiger partial charge on any atom is -0.491 e. The van der Waals surface area contributed by atoms with Crippen LogP contribution in [0.3, 0.4) is 0 Å². The average molecular weight is 262 g/mol. The minimum atomic E-state index is 0.0693. The zero-order valence-corrected chi connectivity index (χ0v) is 11.6. The van der Waals surface area contributed by atoms with E-state index in [1.807, 2.05) is 13.0 Å². The minimum absolute atomic E-state index is 0.0693. The molecule has 2 rings (SSSR count). The lowest BCUT2D eigenvalue weighted by molar-refractivity contribution is 0.0983. The molecule has 1 saturated heterocycles. The highest BCUT2D eigenvalue weighted by molar-refractivity contribution is 5.93. The fourth-order valence-electron chi connectivity index (χ4n) is 2.29. The van der Waals surface area contributed by atoms with Crippen LogP contribution in [0.2, 0.25) is 0 Å². The Balaban J connectivity index is 1.75. The first-order chi connectivity index (χ1) is 9.29. The molecule has 0 saturated carbocycles. The number of ether oxygens (including phenoxy) is 1. The summed E-state index contributed by atoms with van der Waals surface area (Å²) in [6, 6.07) is 3.56. The number of ketones is 1. The molecule has 0 bridgehead atoms. The van der Waals surface area contributed by atoms with E-state index in [1.165, 1.54) is 32.4 Å². The molecule has 0 radical (unpaired) electrons. The lowest BCUT2D eigenvalue weighted by Crippen LogP contribution is -2.33. The first kappa shape index (κ1) is 14.0. The third-order valence-corrected chi connectivity index (χ3v) is 3.47. The molecule has 1 aromatic heterocycles. The van der Waals surface area contributed by atoms with Crippen molar-refractivity contribution in [3.63, 3.8) is 0 Å². The van der Waals surface area contributed by atoms with E-state index >= 15 is 0 Å². The van der Waals surface area contributed by atoms with Crippen LogP contribution in [0.4, 0.5) is 0 Å². The first-order valence-electron chi connectivity index (χ1n) is 7.14. The SMILES string of the molecule is CCC(=O)c1ccc(OCCN2CCCCC2)cn1. The van der Waals surface area contributed by atoms with Gasteiger partial charge in [-0.15, -0.1) is 0 Å². The van der Waals surface area contributed by atoms with Gasteiger partial charge in [0.05, 0.1) is 6.20 Å². The molecule has 0 aliphatic carbocycles. The van der Waals surface area contributed by atoms with Crippen LogP contribution in [0.1, 0.15) is 43.1 Å². The smallest absolute Gasteiger partial charge is 0.180 e. The van der Waals surface area contributed by atoms with Crippen molar-refractivity contribution in [3.05, 3.63) is 24.0 Å². The number of Topliss-reactive ketones (excluding diaryl/α,β-unsaturated/α-hetero) is 1. The Bertz CT molecular complexity index is 397. The summed E-state index contributed by atoms with van der Waals surface area (Å²) >= 11 is 0. The number of pyridine rings is 1. The van der Waals surface area contributed by atoms with Gasteiger partial charge in [0, 0.05) is 13.0 Å². The lowest BCUT2D eigenvalue weighted by atomic mass is 10.1. The van der Waals surface area contributed by atoms with Crippen molar-refractivity contribution in [2.45, 2.75) is 32.6 Å². The van der Waals surface area contributed by atoms with Crippen LogP contribution < -0.4 is 4.74 Å². The maximum absolute atomic E-state index is 11.4. The van der Waals surface area contributed by atoms with Gasteiger partial charge < -0.3 is 4.74 Å². The van der Waals surface area contributed by atoms with Gasteiger partial charge in [-0.3, -0.25) is 9.69 Å². The zero-order valence-electron chi connectivity index (χ0n) is 11.6. The van der Waals surface area contributed by atoms with Crippen LogP contribution in [-0.4, -0.2) is 41.9 Å². The molecule has 0 aromatic carbocycles. The van der Waals surface area contributed by atoms with E-state index < -0.39 is 0 Å². The van der Waals surface area contributed by atoms with Gasteiger partial charge in [0.25, 0.3) is 0 Å². The molecule has 0 unspecified atom stereocenters. The number of likely N-dealkylation sites (tertiary alicyclic amines) is 1. The van der Waals surface area contributed by atoms with E-state index in [1.54, 1.807) is 12.3 Å². The second kappa shape index (κ2) is 7.24. The Morgan fingerprint density at radius 3 is 2.74 bits per heavy atom. The van der Waals surface area contributed by atoms with Gasteiger partial charge in [-0.1, -0.05) is 13.3 Å². The molecule has 1 aliphatic heterocycles. The monoisotopic (exact) mass is 262 g/mol. The molecule has 4 heteroatoms. The number of carbonyl (C=O) groups excluding carboxylic acids is 1. The number of carbonyl (C=O) groups is 1. The number of rotatable bonds is 6. The number of hydrogen-bond donors (Lipinski definition) is 0. The van der Waals surface area contributed by atoms with Crippen LogP contribution in [0.15, 0.2) is 18.3 Å². The maximum Gasteiger partial charge on any atom is 0.180 e. The van der Waals surface area contributed by atoms with E-state index in [9.17, 15) is 4.79 Å². The van der Waals surface area contributed by atoms with Crippen molar-refractivity contribution in [1.29, 1.82) is 0 Å². The summed E-state index contributed by atoms with van der Waals surface area (Å²) in [5.74, 6) is 0.810. The summed E-state index contributed by atoms with van der Waals surface area (Å²) in [7, 11) is 0. The Labute approximate surface area is 114 Å². The van der Waals surface area contributed by atoms with Gasteiger partial charge in [0.2, 0.25) is 0 Å². The molecule has 104 valence electrons. The number of piperidine rings is 1. The molecule has 4 nitrogen and oxygen atoms in total. The second-order valence-electron chi connectivity index (χ2n) is 4.91. The van der Waals surface area contributed by atoms with Gasteiger partial charge >= 0.3 is 0 Å². The molecule has 2 heterocycles. The molecule has 1 aliphatic rings. The van der Waals surface area contributed by atoms with Gasteiger partial charge in [0.1, 0.15) is 18.1 Å². The van der Waals surface area contributed by atoms with E-state index in [0.29, 0.717) is 18.7 Å².